The molecule has 1 saturated heterocycles. The Morgan fingerprint density at radius 3 is 2.86 bits per heavy atom. The third kappa shape index (κ3) is 3.96. The van der Waals surface area contributed by atoms with Crippen molar-refractivity contribution in [2.75, 3.05) is 31.5 Å². The van der Waals surface area contributed by atoms with Crippen LogP contribution in [0, 0.1) is 11.6 Å². The van der Waals surface area contributed by atoms with Crippen LogP contribution in [0.25, 0.3) is 0 Å². The fourth-order valence-electron chi connectivity index (χ4n) is 2.18. The molecule has 0 aliphatic carbocycles. The topological polar surface area (TPSA) is 87.5 Å². The third-order valence-electron chi connectivity index (χ3n) is 3.23. The molecule has 1 fully saturated rings. The Balaban J connectivity index is 1.98. The van der Waals surface area contributed by atoms with E-state index < -0.39 is 29.5 Å². The van der Waals surface area contributed by atoms with Gasteiger partial charge >= 0.3 is 0 Å². The molecule has 0 radical (unpaired) electrons. The van der Waals surface area contributed by atoms with Gasteiger partial charge in [-0.3, -0.25) is 14.5 Å². The SMILES string of the molecule is NC(=O)C1CNCCN1CC(=O)Nc1ccc(F)cc1F. The number of rotatable bonds is 4. The second kappa shape index (κ2) is 6.59. The summed E-state index contributed by atoms with van der Waals surface area (Å²) in [5.74, 6) is -2.59. The van der Waals surface area contributed by atoms with E-state index in [4.69, 9.17) is 5.73 Å². The fourth-order valence-corrected chi connectivity index (χ4v) is 2.18. The summed E-state index contributed by atoms with van der Waals surface area (Å²) in [5, 5.41) is 5.36. The van der Waals surface area contributed by atoms with Crippen LogP contribution < -0.4 is 16.4 Å². The van der Waals surface area contributed by atoms with Crippen molar-refractivity contribution in [1.29, 1.82) is 0 Å². The molecule has 0 spiro atoms. The number of piperazine rings is 1. The van der Waals surface area contributed by atoms with Gasteiger partial charge < -0.3 is 16.4 Å². The fraction of sp³-hybridized carbons (Fsp3) is 0.385. The van der Waals surface area contributed by atoms with Crippen LogP contribution in [0.2, 0.25) is 0 Å². The van der Waals surface area contributed by atoms with Gasteiger partial charge in [0.25, 0.3) is 0 Å². The number of carbonyl (C=O) groups is 2. The van der Waals surface area contributed by atoms with Gasteiger partial charge in [0.05, 0.1) is 12.2 Å². The monoisotopic (exact) mass is 298 g/mol. The van der Waals surface area contributed by atoms with E-state index in [1.165, 1.54) is 0 Å². The first-order valence-corrected chi connectivity index (χ1v) is 6.46. The van der Waals surface area contributed by atoms with Gasteiger partial charge in [-0.25, -0.2) is 8.78 Å². The van der Waals surface area contributed by atoms with Crippen molar-refractivity contribution in [2.45, 2.75) is 6.04 Å². The molecule has 1 atom stereocenters. The van der Waals surface area contributed by atoms with Crippen molar-refractivity contribution in [3.63, 3.8) is 0 Å². The van der Waals surface area contributed by atoms with E-state index in [1.54, 1.807) is 4.90 Å². The molecule has 1 aliphatic heterocycles. The molecule has 0 saturated carbocycles. The summed E-state index contributed by atoms with van der Waals surface area (Å²) in [6, 6.07) is 2.30. The normalized spacial score (nSPS) is 19.2. The lowest BCUT2D eigenvalue weighted by Gasteiger charge is -2.33. The molecule has 4 N–H and O–H groups in total. The van der Waals surface area contributed by atoms with E-state index in [0.29, 0.717) is 25.7 Å². The molecule has 114 valence electrons. The smallest absolute Gasteiger partial charge is 0.238 e. The highest BCUT2D eigenvalue weighted by Crippen LogP contribution is 2.15. The standard InChI is InChI=1S/C13H16F2N4O2/c14-8-1-2-10(9(15)5-8)18-12(20)7-19-4-3-17-6-11(19)13(16)21/h1-2,5,11,17H,3-4,6-7H2,(H2,16,21)(H,18,20). The average Bonchev–Trinajstić information content (AvgIpc) is 2.42. The number of hydrogen-bond donors (Lipinski definition) is 3. The van der Waals surface area contributed by atoms with Gasteiger partial charge in [-0.05, 0) is 12.1 Å². The summed E-state index contributed by atoms with van der Waals surface area (Å²) in [6.07, 6.45) is 0. The molecule has 1 unspecified atom stereocenters. The Hall–Kier alpha value is -2.06. The number of carbonyl (C=O) groups excluding carboxylic acids is 2. The summed E-state index contributed by atoms with van der Waals surface area (Å²) in [7, 11) is 0. The maximum absolute atomic E-state index is 13.4. The van der Waals surface area contributed by atoms with E-state index >= 15 is 0 Å². The first-order valence-electron chi connectivity index (χ1n) is 6.46. The number of nitrogens with one attached hydrogen (secondary N) is 2. The number of benzene rings is 1. The molecule has 1 aromatic rings. The molecule has 1 aromatic carbocycles. The molecule has 8 heteroatoms. The van der Waals surface area contributed by atoms with Gasteiger partial charge in [0.15, 0.2) is 0 Å². The molecular weight excluding hydrogens is 282 g/mol. The number of amides is 2. The highest BCUT2D eigenvalue weighted by molar-refractivity contribution is 5.93. The van der Waals surface area contributed by atoms with Crippen LogP contribution in [0.4, 0.5) is 14.5 Å². The summed E-state index contributed by atoms with van der Waals surface area (Å²) in [5.41, 5.74) is 5.17. The number of nitrogens with two attached hydrogens (primary N) is 1. The van der Waals surface area contributed by atoms with E-state index in [1.807, 2.05) is 0 Å². The minimum absolute atomic E-state index is 0.0912. The van der Waals surface area contributed by atoms with E-state index in [-0.39, 0.29) is 12.2 Å². The van der Waals surface area contributed by atoms with E-state index in [9.17, 15) is 18.4 Å². The van der Waals surface area contributed by atoms with Crippen LogP contribution in [0.15, 0.2) is 18.2 Å². The summed E-state index contributed by atoms with van der Waals surface area (Å²) < 4.78 is 26.2. The van der Waals surface area contributed by atoms with Gasteiger partial charge in [0.1, 0.15) is 17.7 Å². The lowest BCUT2D eigenvalue weighted by atomic mass is 10.2. The van der Waals surface area contributed by atoms with Crippen molar-refractivity contribution in [3.05, 3.63) is 29.8 Å². The van der Waals surface area contributed by atoms with Crippen molar-refractivity contribution in [1.82, 2.24) is 10.2 Å². The van der Waals surface area contributed by atoms with Gasteiger partial charge in [-0.2, -0.15) is 0 Å². The Bertz CT molecular complexity index is 553. The first-order chi connectivity index (χ1) is 9.97. The van der Waals surface area contributed by atoms with Crippen LogP contribution in [0.5, 0.6) is 0 Å². The maximum Gasteiger partial charge on any atom is 0.238 e. The van der Waals surface area contributed by atoms with Gasteiger partial charge in [0.2, 0.25) is 11.8 Å². The second-order valence-corrected chi connectivity index (χ2v) is 4.77. The highest BCUT2D eigenvalue weighted by Gasteiger charge is 2.28. The summed E-state index contributed by atoms with van der Waals surface area (Å²) in [4.78, 5) is 24.8. The number of anilines is 1. The summed E-state index contributed by atoms with van der Waals surface area (Å²) in [6.45, 7) is 1.38. The lowest BCUT2D eigenvalue weighted by Crippen LogP contribution is -2.58. The Morgan fingerprint density at radius 2 is 2.19 bits per heavy atom. The van der Waals surface area contributed by atoms with Gasteiger partial charge in [-0.15, -0.1) is 0 Å². The Kier molecular flexibility index (Phi) is 4.81. The molecule has 2 rings (SSSR count). The number of hydrogen-bond acceptors (Lipinski definition) is 4. The lowest BCUT2D eigenvalue weighted by molar-refractivity contribution is -0.125. The minimum atomic E-state index is -0.852. The summed E-state index contributed by atoms with van der Waals surface area (Å²) >= 11 is 0. The molecule has 1 aliphatic rings. The number of nitrogens with zero attached hydrogens (tertiary/aromatic N) is 1. The average molecular weight is 298 g/mol. The van der Waals surface area contributed by atoms with Crippen molar-refractivity contribution < 1.29 is 18.4 Å². The first kappa shape index (κ1) is 15.3. The third-order valence-corrected chi connectivity index (χ3v) is 3.23. The molecule has 0 aromatic heterocycles. The van der Waals surface area contributed by atoms with Crippen LogP contribution in [0.3, 0.4) is 0 Å². The van der Waals surface area contributed by atoms with E-state index in [0.717, 1.165) is 12.1 Å². The highest BCUT2D eigenvalue weighted by atomic mass is 19.1. The molecule has 0 bridgehead atoms. The molecule has 1 heterocycles. The molecular formula is C13H16F2N4O2. The molecule has 6 nitrogen and oxygen atoms in total. The van der Waals surface area contributed by atoms with Crippen molar-refractivity contribution in [2.24, 2.45) is 5.73 Å². The van der Waals surface area contributed by atoms with Crippen LogP contribution in [-0.4, -0.2) is 48.9 Å². The largest absolute Gasteiger partial charge is 0.368 e. The predicted molar refractivity (Wildman–Crippen MR) is 72.4 cm³/mol. The Morgan fingerprint density at radius 1 is 1.43 bits per heavy atom. The van der Waals surface area contributed by atoms with Gasteiger partial charge in [0, 0.05) is 25.7 Å². The minimum Gasteiger partial charge on any atom is -0.368 e. The zero-order valence-electron chi connectivity index (χ0n) is 11.2. The van der Waals surface area contributed by atoms with E-state index in [2.05, 4.69) is 10.6 Å². The van der Waals surface area contributed by atoms with Crippen molar-refractivity contribution in [3.8, 4) is 0 Å². The van der Waals surface area contributed by atoms with Crippen LogP contribution in [0.1, 0.15) is 0 Å². The number of primary amides is 1. The Labute approximate surface area is 120 Å². The molecule has 21 heavy (non-hydrogen) atoms. The van der Waals surface area contributed by atoms with Crippen LogP contribution >= 0.6 is 0 Å². The molecule has 2 amide bonds. The maximum atomic E-state index is 13.4. The van der Waals surface area contributed by atoms with Crippen LogP contribution in [-0.2, 0) is 9.59 Å². The second-order valence-electron chi connectivity index (χ2n) is 4.77. The zero-order valence-corrected chi connectivity index (χ0v) is 11.2. The zero-order chi connectivity index (χ0) is 15.4. The van der Waals surface area contributed by atoms with Gasteiger partial charge in [-0.1, -0.05) is 0 Å². The van der Waals surface area contributed by atoms with Crippen molar-refractivity contribution >= 4 is 17.5 Å². The predicted octanol–water partition coefficient (Wildman–Crippen LogP) is -0.338. The number of halogens is 2. The quantitative estimate of drug-likeness (QED) is 0.710.